The molecule has 2 aliphatic heterocycles. The van der Waals surface area contributed by atoms with Gasteiger partial charge in [-0.25, -0.2) is 0 Å². The fourth-order valence-electron chi connectivity index (χ4n) is 3.63. The summed E-state index contributed by atoms with van der Waals surface area (Å²) in [6.45, 7) is 7.90. The maximum absolute atomic E-state index is 12.5. The van der Waals surface area contributed by atoms with Crippen LogP contribution in [0.15, 0.2) is 0 Å². The van der Waals surface area contributed by atoms with Crippen molar-refractivity contribution in [1.29, 1.82) is 0 Å². The third-order valence-electron chi connectivity index (χ3n) is 5.54. The molecule has 0 aliphatic carbocycles. The van der Waals surface area contributed by atoms with Crippen LogP contribution in [0.1, 0.15) is 46.0 Å². The van der Waals surface area contributed by atoms with Crippen LogP contribution >= 0.6 is 0 Å². The maximum Gasteiger partial charge on any atom is 0.245 e. The molecular weight excluding hydrogens is 404 g/mol. The second-order valence-corrected chi connectivity index (χ2v) is 7.79. The zero-order chi connectivity index (χ0) is 22.6. The van der Waals surface area contributed by atoms with Crippen molar-refractivity contribution in [3.63, 3.8) is 0 Å². The number of rotatable bonds is 10. The Labute approximate surface area is 184 Å². The summed E-state index contributed by atoms with van der Waals surface area (Å²) in [6.07, 6.45) is 1.65. The van der Waals surface area contributed by atoms with Crippen molar-refractivity contribution in [2.24, 2.45) is 0 Å². The molecule has 2 unspecified atom stereocenters. The molecule has 0 spiro atoms. The minimum absolute atomic E-state index is 0.0932. The maximum atomic E-state index is 12.5. The SMILES string of the molecule is CCC(NC(=O)CCCC(=O)NC(CC)C(=O)N1CCOCC1)C(=O)N1CCOCC1. The van der Waals surface area contributed by atoms with Gasteiger partial charge in [0.15, 0.2) is 0 Å². The van der Waals surface area contributed by atoms with Gasteiger partial charge in [0.1, 0.15) is 12.1 Å². The summed E-state index contributed by atoms with van der Waals surface area (Å²) >= 11 is 0. The topological polar surface area (TPSA) is 117 Å². The predicted octanol–water partition coefficient (Wildman–Crippen LogP) is -0.336. The molecule has 176 valence electrons. The van der Waals surface area contributed by atoms with Crippen molar-refractivity contribution in [3.05, 3.63) is 0 Å². The van der Waals surface area contributed by atoms with Crippen LogP contribution in [-0.4, -0.2) is 98.1 Å². The van der Waals surface area contributed by atoms with Gasteiger partial charge in [0, 0.05) is 39.0 Å². The number of morpholine rings is 2. The molecule has 31 heavy (non-hydrogen) atoms. The summed E-state index contributed by atoms with van der Waals surface area (Å²) < 4.78 is 10.5. The summed E-state index contributed by atoms with van der Waals surface area (Å²) in [5, 5.41) is 5.55. The highest BCUT2D eigenvalue weighted by Crippen LogP contribution is 2.07. The molecule has 10 heteroatoms. The third kappa shape index (κ3) is 8.10. The van der Waals surface area contributed by atoms with Crippen LogP contribution < -0.4 is 10.6 Å². The molecule has 0 aromatic heterocycles. The highest BCUT2D eigenvalue weighted by molar-refractivity contribution is 5.89. The summed E-state index contributed by atoms with van der Waals surface area (Å²) in [6, 6.07) is -1.12. The van der Waals surface area contributed by atoms with E-state index in [9.17, 15) is 19.2 Å². The molecule has 2 aliphatic rings. The second kappa shape index (κ2) is 13.3. The second-order valence-electron chi connectivity index (χ2n) is 7.79. The van der Waals surface area contributed by atoms with Gasteiger partial charge < -0.3 is 29.9 Å². The standard InChI is InChI=1S/C21H36N4O6/c1-3-16(20(28)24-8-12-30-13-9-24)22-18(26)6-5-7-19(27)23-17(4-2)21(29)25-10-14-31-15-11-25/h16-17H,3-15H2,1-2H3,(H,22,26)(H,23,27). The van der Waals surface area contributed by atoms with E-state index in [1.165, 1.54) is 0 Å². The molecule has 2 atom stereocenters. The number of ether oxygens (including phenoxy) is 2. The molecular formula is C21H36N4O6. The molecule has 0 aromatic rings. The van der Waals surface area contributed by atoms with E-state index >= 15 is 0 Å². The first-order valence-corrected chi connectivity index (χ1v) is 11.3. The largest absolute Gasteiger partial charge is 0.378 e. The highest BCUT2D eigenvalue weighted by atomic mass is 16.5. The number of nitrogens with one attached hydrogen (secondary N) is 2. The minimum Gasteiger partial charge on any atom is -0.378 e. The Hall–Kier alpha value is -2.20. The lowest BCUT2D eigenvalue weighted by atomic mass is 10.1. The number of hydrogen-bond acceptors (Lipinski definition) is 6. The Bertz CT molecular complexity index is 565. The van der Waals surface area contributed by atoms with E-state index in [1.807, 2.05) is 13.8 Å². The minimum atomic E-state index is -0.560. The first-order chi connectivity index (χ1) is 15.0. The van der Waals surface area contributed by atoms with Gasteiger partial charge in [0.05, 0.1) is 26.4 Å². The molecule has 4 amide bonds. The van der Waals surface area contributed by atoms with Crippen molar-refractivity contribution in [1.82, 2.24) is 20.4 Å². The van der Waals surface area contributed by atoms with E-state index in [1.54, 1.807) is 9.80 Å². The molecule has 2 fully saturated rings. The van der Waals surface area contributed by atoms with Gasteiger partial charge in [-0.15, -0.1) is 0 Å². The summed E-state index contributed by atoms with van der Waals surface area (Å²) in [5.41, 5.74) is 0. The Morgan fingerprint density at radius 2 is 1.06 bits per heavy atom. The van der Waals surface area contributed by atoms with Crippen LogP contribution in [0.5, 0.6) is 0 Å². The van der Waals surface area contributed by atoms with Crippen LogP contribution in [0.2, 0.25) is 0 Å². The van der Waals surface area contributed by atoms with Crippen LogP contribution in [0.3, 0.4) is 0 Å². The van der Waals surface area contributed by atoms with Crippen LogP contribution in [-0.2, 0) is 28.7 Å². The van der Waals surface area contributed by atoms with E-state index in [0.717, 1.165) is 0 Å². The van der Waals surface area contributed by atoms with Gasteiger partial charge in [-0.05, 0) is 19.3 Å². The molecule has 2 rings (SSSR count). The van der Waals surface area contributed by atoms with Crippen LogP contribution in [0.25, 0.3) is 0 Å². The summed E-state index contributed by atoms with van der Waals surface area (Å²) in [5.74, 6) is -0.691. The van der Waals surface area contributed by atoms with E-state index in [4.69, 9.17) is 9.47 Å². The average molecular weight is 441 g/mol. The van der Waals surface area contributed by atoms with Gasteiger partial charge in [-0.1, -0.05) is 13.8 Å². The Balaban J connectivity index is 1.70. The number of carbonyl (C=O) groups excluding carboxylic acids is 4. The van der Waals surface area contributed by atoms with Gasteiger partial charge >= 0.3 is 0 Å². The zero-order valence-electron chi connectivity index (χ0n) is 18.7. The fourth-order valence-corrected chi connectivity index (χ4v) is 3.63. The molecule has 0 aromatic carbocycles. The molecule has 0 bridgehead atoms. The molecule has 10 nitrogen and oxygen atoms in total. The van der Waals surface area contributed by atoms with E-state index in [0.29, 0.717) is 71.9 Å². The Morgan fingerprint density at radius 3 is 1.39 bits per heavy atom. The van der Waals surface area contributed by atoms with Crippen molar-refractivity contribution in [2.75, 3.05) is 52.6 Å². The van der Waals surface area contributed by atoms with Crippen molar-refractivity contribution in [2.45, 2.75) is 58.0 Å². The Morgan fingerprint density at radius 1 is 0.710 bits per heavy atom. The third-order valence-corrected chi connectivity index (χ3v) is 5.54. The Kier molecular flexibility index (Phi) is 10.7. The van der Waals surface area contributed by atoms with Gasteiger partial charge in [0.2, 0.25) is 23.6 Å². The van der Waals surface area contributed by atoms with Crippen molar-refractivity contribution >= 4 is 23.6 Å². The lowest BCUT2D eigenvalue weighted by Crippen LogP contribution is -2.51. The number of carbonyl (C=O) groups is 4. The summed E-state index contributed by atoms with van der Waals surface area (Å²) in [7, 11) is 0. The van der Waals surface area contributed by atoms with Crippen molar-refractivity contribution in [3.8, 4) is 0 Å². The highest BCUT2D eigenvalue weighted by Gasteiger charge is 2.27. The smallest absolute Gasteiger partial charge is 0.245 e. The van der Waals surface area contributed by atoms with E-state index in [2.05, 4.69) is 10.6 Å². The van der Waals surface area contributed by atoms with Crippen LogP contribution in [0.4, 0.5) is 0 Å². The molecule has 0 radical (unpaired) electrons. The quantitative estimate of drug-likeness (QED) is 0.480. The van der Waals surface area contributed by atoms with Crippen molar-refractivity contribution < 1.29 is 28.7 Å². The number of amides is 4. The first kappa shape index (κ1) is 25.1. The zero-order valence-corrected chi connectivity index (χ0v) is 18.7. The van der Waals surface area contributed by atoms with Gasteiger partial charge in [0.25, 0.3) is 0 Å². The fraction of sp³-hybridized carbons (Fsp3) is 0.810. The van der Waals surface area contributed by atoms with Gasteiger partial charge in [-0.2, -0.15) is 0 Å². The lowest BCUT2D eigenvalue weighted by molar-refractivity contribution is -0.140. The lowest BCUT2D eigenvalue weighted by Gasteiger charge is -2.30. The first-order valence-electron chi connectivity index (χ1n) is 11.3. The van der Waals surface area contributed by atoms with Crippen LogP contribution in [0, 0.1) is 0 Å². The number of nitrogens with zero attached hydrogens (tertiary/aromatic N) is 2. The molecule has 2 saturated heterocycles. The molecule has 0 saturated carbocycles. The normalized spacial score (nSPS) is 18.8. The van der Waals surface area contributed by atoms with E-state index in [-0.39, 0.29) is 36.5 Å². The van der Waals surface area contributed by atoms with Gasteiger partial charge in [-0.3, -0.25) is 19.2 Å². The molecule has 2 N–H and O–H groups in total. The van der Waals surface area contributed by atoms with E-state index < -0.39 is 12.1 Å². The number of hydrogen-bond donors (Lipinski definition) is 2. The summed E-state index contributed by atoms with van der Waals surface area (Å²) in [4.78, 5) is 53.0. The predicted molar refractivity (Wildman–Crippen MR) is 113 cm³/mol. The monoisotopic (exact) mass is 440 g/mol. The average Bonchev–Trinajstić information content (AvgIpc) is 2.81. The molecule has 2 heterocycles.